The van der Waals surface area contributed by atoms with Crippen molar-refractivity contribution in [3.05, 3.63) is 77.4 Å². The number of hydrogen-bond donors (Lipinski definition) is 1. The summed E-state index contributed by atoms with van der Waals surface area (Å²) in [5.74, 6) is 2.83. The maximum absolute atomic E-state index is 9.96. The number of phenolic OH excluding ortho intramolecular Hbond substituents is 1. The van der Waals surface area contributed by atoms with Crippen molar-refractivity contribution in [2.24, 2.45) is 5.10 Å². The minimum absolute atomic E-state index is 0.0372. The van der Waals surface area contributed by atoms with Gasteiger partial charge < -0.3 is 24.1 Å². The average Bonchev–Trinajstić information content (AvgIpc) is 3.46. The van der Waals surface area contributed by atoms with E-state index in [0.717, 1.165) is 40.3 Å². The van der Waals surface area contributed by atoms with E-state index in [4.69, 9.17) is 24.0 Å². The van der Waals surface area contributed by atoms with E-state index in [1.165, 1.54) is 7.11 Å². The molecule has 0 bridgehead atoms. The van der Waals surface area contributed by atoms with Crippen LogP contribution in [0, 0.1) is 0 Å². The lowest BCUT2D eigenvalue weighted by atomic mass is 9.95. The van der Waals surface area contributed by atoms with Gasteiger partial charge in [-0.3, -0.25) is 0 Å². The van der Waals surface area contributed by atoms with Crippen molar-refractivity contribution in [2.75, 3.05) is 13.9 Å². The molecule has 3 aliphatic heterocycles. The van der Waals surface area contributed by atoms with Crippen LogP contribution in [0.25, 0.3) is 0 Å². The third-order valence-corrected chi connectivity index (χ3v) is 5.89. The second-order valence-electron chi connectivity index (χ2n) is 7.65. The largest absolute Gasteiger partial charge is 0.504 e. The predicted octanol–water partition coefficient (Wildman–Crippen LogP) is 4.37. The van der Waals surface area contributed by atoms with Gasteiger partial charge in [0.05, 0.1) is 18.9 Å². The van der Waals surface area contributed by atoms with Gasteiger partial charge in [-0.15, -0.1) is 0 Å². The van der Waals surface area contributed by atoms with Crippen LogP contribution < -0.4 is 18.9 Å². The molecule has 0 amide bonds. The van der Waals surface area contributed by atoms with Crippen molar-refractivity contribution in [1.82, 2.24) is 5.01 Å². The normalized spacial score (nSPS) is 20.5. The van der Waals surface area contributed by atoms with E-state index in [-0.39, 0.29) is 18.6 Å². The first-order valence-electron chi connectivity index (χ1n) is 10.1. The van der Waals surface area contributed by atoms with Crippen LogP contribution in [-0.4, -0.2) is 29.7 Å². The summed E-state index contributed by atoms with van der Waals surface area (Å²) in [6, 6.07) is 19.3. The van der Waals surface area contributed by atoms with Crippen LogP contribution in [0.4, 0.5) is 0 Å². The molecule has 156 valence electrons. The smallest absolute Gasteiger partial charge is 0.231 e. The van der Waals surface area contributed by atoms with Gasteiger partial charge in [-0.05, 0) is 42.5 Å². The number of hydrogen-bond acceptors (Lipinski definition) is 7. The number of rotatable bonds is 3. The number of aromatic hydroxyl groups is 1. The zero-order valence-electron chi connectivity index (χ0n) is 16.8. The third-order valence-electron chi connectivity index (χ3n) is 5.89. The highest BCUT2D eigenvalue weighted by atomic mass is 16.7. The molecule has 0 aliphatic carbocycles. The number of hydrazone groups is 1. The first-order chi connectivity index (χ1) is 15.2. The van der Waals surface area contributed by atoms with E-state index in [2.05, 4.69) is 6.07 Å². The van der Waals surface area contributed by atoms with Crippen LogP contribution >= 0.6 is 0 Å². The molecule has 3 aromatic carbocycles. The number of methoxy groups -OCH3 is 1. The molecular weight excluding hydrogens is 396 g/mol. The zero-order valence-corrected chi connectivity index (χ0v) is 16.8. The molecule has 31 heavy (non-hydrogen) atoms. The van der Waals surface area contributed by atoms with E-state index >= 15 is 0 Å². The fourth-order valence-electron chi connectivity index (χ4n) is 4.35. The lowest BCUT2D eigenvalue weighted by Gasteiger charge is -2.38. The first-order valence-corrected chi connectivity index (χ1v) is 10.1. The Kier molecular flexibility index (Phi) is 3.96. The Morgan fingerprint density at radius 3 is 2.77 bits per heavy atom. The lowest BCUT2D eigenvalue weighted by Crippen LogP contribution is -2.33. The molecule has 0 fully saturated rings. The molecule has 0 unspecified atom stereocenters. The molecule has 2 atom stereocenters. The summed E-state index contributed by atoms with van der Waals surface area (Å²) < 4.78 is 22.7. The van der Waals surface area contributed by atoms with E-state index < -0.39 is 6.23 Å². The standard InChI is InChI=1S/C24H20N2O5/c1-28-22-10-14(6-8-19(22)27)17-12-18-16-4-2-3-5-20(16)31-24(26(18)25-17)15-7-9-21-23(11-15)30-13-29-21/h2-11,18,24,27H,12-13H2,1H3/t18-,24-/m1/s1. The first kappa shape index (κ1) is 17.9. The maximum Gasteiger partial charge on any atom is 0.231 e. The molecule has 0 saturated heterocycles. The number of nitrogens with zero attached hydrogens (tertiary/aromatic N) is 2. The van der Waals surface area contributed by atoms with Crippen molar-refractivity contribution in [2.45, 2.75) is 18.7 Å². The molecular formula is C24H20N2O5. The summed E-state index contributed by atoms with van der Waals surface area (Å²) in [5.41, 5.74) is 3.86. The summed E-state index contributed by atoms with van der Waals surface area (Å²) in [6.45, 7) is 0.227. The Labute approximate surface area is 179 Å². The zero-order chi connectivity index (χ0) is 20.9. The Morgan fingerprint density at radius 1 is 1.00 bits per heavy atom. The number of fused-ring (bicyclic) bond motifs is 4. The van der Waals surface area contributed by atoms with Crippen molar-refractivity contribution >= 4 is 5.71 Å². The molecule has 0 spiro atoms. The van der Waals surface area contributed by atoms with Crippen LogP contribution in [0.1, 0.15) is 35.4 Å². The van der Waals surface area contributed by atoms with Gasteiger partial charge in [0.1, 0.15) is 5.75 Å². The summed E-state index contributed by atoms with van der Waals surface area (Å²) in [4.78, 5) is 0. The Bertz CT molecular complexity index is 1210. The number of phenols is 1. The highest BCUT2D eigenvalue weighted by Gasteiger charge is 2.41. The van der Waals surface area contributed by atoms with E-state index in [0.29, 0.717) is 11.5 Å². The Balaban J connectivity index is 1.43. The van der Waals surface area contributed by atoms with Crippen molar-refractivity contribution in [3.63, 3.8) is 0 Å². The predicted molar refractivity (Wildman–Crippen MR) is 113 cm³/mol. The van der Waals surface area contributed by atoms with Crippen LogP contribution in [0.15, 0.2) is 65.8 Å². The second-order valence-corrected chi connectivity index (χ2v) is 7.65. The van der Waals surface area contributed by atoms with Gasteiger partial charge in [-0.1, -0.05) is 18.2 Å². The minimum Gasteiger partial charge on any atom is -0.504 e. The molecule has 6 rings (SSSR count). The van der Waals surface area contributed by atoms with Crippen LogP contribution in [0.5, 0.6) is 28.7 Å². The molecule has 7 nitrogen and oxygen atoms in total. The van der Waals surface area contributed by atoms with E-state index in [9.17, 15) is 5.11 Å². The highest BCUT2D eigenvalue weighted by Crippen LogP contribution is 2.48. The monoisotopic (exact) mass is 416 g/mol. The van der Waals surface area contributed by atoms with E-state index in [1.807, 2.05) is 53.5 Å². The SMILES string of the molecule is COc1cc(C2=NN3[C@H](C2)c2ccccc2O[C@@H]3c2ccc3c(c2)OCO3)ccc1O. The molecule has 7 heteroatoms. The fourth-order valence-corrected chi connectivity index (χ4v) is 4.35. The molecule has 0 saturated carbocycles. The summed E-state index contributed by atoms with van der Waals surface area (Å²) in [5, 5.41) is 16.9. The number of benzene rings is 3. The lowest BCUT2D eigenvalue weighted by molar-refractivity contribution is -0.0191. The van der Waals surface area contributed by atoms with Gasteiger partial charge >= 0.3 is 0 Å². The summed E-state index contributed by atoms with van der Waals surface area (Å²) >= 11 is 0. The Hall–Kier alpha value is -3.87. The molecule has 0 aromatic heterocycles. The molecule has 1 N–H and O–H groups in total. The third kappa shape index (κ3) is 2.84. The van der Waals surface area contributed by atoms with Gasteiger partial charge in [-0.2, -0.15) is 5.10 Å². The van der Waals surface area contributed by atoms with Crippen molar-refractivity contribution < 1.29 is 24.1 Å². The quantitative estimate of drug-likeness (QED) is 0.684. The van der Waals surface area contributed by atoms with Crippen LogP contribution in [0.3, 0.4) is 0 Å². The highest BCUT2D eigenvalue weighted by molar-refractivity contribution is 6.02. The van der Waals surface area contributed by atoms with Gasteiger partial charge in [0.25, 0.3) is 0 Å². The minimum atomic E-state index is -0.397. The van der Waals surface area contributed by atoms with Crippen LogP contribution in [0.2, 0.25) is 0 Å². The topological polar surface area (TPSA) is 72.8 Å². The van der Waals surface area contributed by atoms with Crippen molar-refractivity contribution in [1.29, 1.82) is 0 Å². The van der Waals surface area contributed by atoms with E-state index in [1.54, 1.807) is 6.07 Å². The van der Waals surface area contributed by atoms with Gasteiger partial charge in [0.15, 0.2) is 23.0 Å². The fraction of sp³-hybridized carbons (Fsp3) is 0.208. The molecule has 3 aliphatic rings. The second kappa shape index (κ2) is 6.84. The number of para-hydroxylation sites is 1. The van der Waals surface area contributed by atoms with Gasteiger partial charge in [-0.25, -0.2) is 5.01 Å². The molecule has 3 heterocycles. The van der Waals surface area contributed by atoms with Crippen molar-refractivity contribution in [3.8, 4) is 28.7 Å². The van der Waals surface area contributed by atoms with Crippen LogP contribution in [-0.2, 0) is 0 Å². The maximum atomic E-state index is 9.96. The van der Waals surface area contributed by atoms with Gasteiger partial charge in [0, 0.05) is 23.1 Å². The molecule has 3 aromatic rings. The summed E-state index contributed by atoms with van der Waals surface area (Å²) in [7, 11) is 1.54. The average molecular weight is 416 g/mol. The number of ether oxygens (including phenoxy) is 4. The molecule has 0 radical (unpaired) electrons. The Morgan fingerprint density at radius 2 is 1.87 bits per heavy atom. The van der Waals surface area contributed by atoms with Gasteiger partial charge in [0.2, 0.25) is 13.0 Å². The summed E-state index contributed by atoms with van der Waals surface area (Å²) in [6.07, 6.45) is 0.320.